The van der Waals surface area contributed by atoms with Crippen LogP contribution in [0, 0.1) is 0 Å². The smallest absolute Gasteiger partial charge is 0.102 e. The molecule has 0 unspecified atom stereocenters. The molecule has 2 nitrogen and oxygen atoms in total. The van der Waals surface area contributed by atoms with Crippen LogP contribution in [-0.4, -0.2) is 44.4 Å². The molecule has 0 bridgehead atoms. The summed E-state index contributed by atoms with van der Waals surface area (Å²) in [4.78, 5) is 0. The Kier molecular flexibility index (Phi) is 12.6. The van der Waals surface area contributed by atoms with Crippen LogP contribution in [0.4, 0.5) is 0 Å². The van der Waals surface area contributed by atoms with Crippen molar-refractivity contribution < 1.29 is 21.6 Å². The van der Waals surface area contributed by atoms with E-state index in [-0.39, 0.29) is 12.4 Å². The van der Waals surface area contributed by atoms with E-state index in [9.17, 15) is 0 Å². The third-order valence-corrected chi connectivity index (χ3v) is 2.86. The van der Waals surface area contributed by atoms with E-state index in [1.165, 1.54) is 49.9 Å². The molecule has 0 aromatic rings. The maximum atomic E-state index is 5.22. The predicted octanol–water partition coefficient (Wildman–Crippen LogP) is -0.316. The fourth-order valence-corrected chi connectivity index (χ4v) is 2.38. The molecule has 0 atom stereocenters. The zero-order chi connectivity index (χ0) is 10.9. The van der Waals surface area contributed by atoms with Crippen LogP contribution < -0.4 is 12.4 Å². The number of hydrogen-bond acceptors (Lipinski definition) is 1. The Hall–Kier alpha value is 0.210. The largest absolute Gasteiger partial charge is 1.00 e. The number of hydrogen-bond donors (Lipinski definition) is 0. The minimum absolute atomic E-state index is 0. The summed E-state index contributed by atoms with van der Waals surface area (Å²) in [6, 6.07) is 0. The number of halogens is 1. The molecule has 0 heterocycles. The van der Waals surface area contributed by atoms with E-state index in [2.05, 4.69) is 20.8 Å². The summed E-state index contributed by atoms with van der Waals surface area (Å²) in [5.74, 6) is 0. The van der Waals surface area contributed by atoms with Crippen LogP contribution in [0.3, 0.4) is 0 Å². The Bertz CT molecular complexity index is 114. The maximum Gasteiger partial charge on any atom is 0.102 e. The van der Waals surface area contributed by atoms with Crippen molar-refractivity contribution in [2.45, 2.75) is 40.0 Å². The molecule has 0 radical (unpaired) electrons. The van der Waals surface area contributed by atoms with E-state index in [4.69, 9.17) is 4.74 Å². The zero-order valence-corrected chi connectivity index (χ0v) is 11.6. The fraction of sp³-hybridized carbons (Fsp3) is 1.00. The second-order valence-corrected chi connectivity index (χ2v) is 4.23. The summed E-state index contributed by atoms with van der Waals surface area (Å²) in [6.45, 7) is 12.9. The average molecular weight is 238 g/mol. The Balaban J connectivity index is 0. The van der Waals surface area contributed by atoms with Gasteiger partial charge in [0.15, 0.2) is 0 Å². The Morgan fingerprint density at radius 3 is 1.47 bits per heavy atom. The van der Waals surface area contributed by atoms with Gasteiger partial charge in [-0.3, -0.25) is 0 Å². The van der Waals surface area contributed by atoms with E-state index in [0.29, 0.717) is 0 Å². The van der Waals surface area contributed by atoms with Crippen molar-refractivity contribution in [3.8, 4) is 0 Å². The summed E-state index contributed by atoms with van der Waals surface area (Å²) in [5, 5.41) is 0. The van der Waals surface area contributed by atoms with Gasteiger partial charge in [0.25, 0.3) is 0 Å². The Morgan fingerprint density at radius 2 is 1.20 bits per heavy atom. The molecule has 0 fully saturated rings. The number of methoxy groups -OCH3 is 1. The molecule has 0 aromatic carbocycles. The van der Waals surface area contributed by atoms with Gasteiger partial charge in [-0.1, -0.05) is 20.8 Å². The van der Waals surface area contributed by atoms with Gasteiger partial charge >= 0.3 is 0 Å². The molecule has 0 aliphatic carbocycles. The van der Waals surface area contributed by atoms with Gasteiger partial charge in [0.1, 0.15) is 6.54 Å². The maximum absolute atomic E-state index is 5.22. The normalized spacial score (nSPS) is 11.2. The van der Waals surface area contributed by atoms with Crippen LogP contribution in [0.15, 0.2) is 0 Å². The SMILES string of the molecule is CCC[N+](CCC)(CCC)CCOC.[Cl-]. The predicted molar refractivity (Wildman–Crippen MR) is 62.5 cm³/mol. The van der Waals surface area contributed by atoms with Crippen molar-refractivity contribution in [2.24, 2.45) is 0 Å². The fourth-order valence-electron chi connectivity index (χ4n) is 2.38. The lowest BCUT2D eigenvalue weighted by molar-refractivity contribution is -0.928. The van der Waals surface area contributed by atoms with Gasteiger partial charge in [-0.05, 0) is 19.3 Å². The van der Waals surface area contributed by atoms with Crippen LogP contribution in [0.25, 0.3) is 0 Å². The minimum Gasteiger partial charge on any atom is -1.00 e. The van der Waals surface area contributed by atoms with Crippen molar-refractivity contribution in [3.05, 3.63) is 0 Å². The third kappa shape index (κ3) is 7.15. The molecule has 3 heteroatoms. The molecule has 94 valence electrons. The number of ether oxygens (including phenoxy) is 1. The van der Waals surface area contributed by atoms with Crippen molar-refractivity contribution in [1.29, 1.82) is 0 Å². The first-order chi connectivity index (χ1) is 6.74. The highest BCUT2D eigenvalue weighted by molar-refractivity contribution is 4.44. The van der Waals surface area contributed by atoms with Gasteiger partial charge < -0.3 is 21.6 Å². The van der Waals surface area contributed by atoms with Crippen LogP contribution in [0.1, 0.15) is 40.0 Å². The quantitative estimate of drug-likeness (QED) is 0.500. The highest BCUT2D eigenvalue weighted by Gasteiger charge is 2.23. The number of rotatable bonds is 9. The topological polar surface area (TPSA) is 9.23 Å². The van der Waals surface area contributed by atoms with E-state index >= 15 is 0 Å². The van der Waals surface area contributed by atoms with Crippen molar-refractivity contribution in [2.75, 3.05) is 39.9 Å². The first-order valence-corrected chi connectivity index (χ1v) is 6.08. The van der Waals surface area contributed by atoms with E-state index in [1.54, 1.807) is 7.11 Å². The first kappa shape index (κ1) is 17.6. The summed E-state index contributed by atoms with van der Waals surface area (Å²) >= 11 is 0. The van der Waals surface area contributed by atoms with Gasteiger partial charge in [-0.2, -0.15) is 0 Å². The summed E-state index contributed by atoms with van der Waals surface area (Å²) < 4.78 is 6.48. The lowest BCUT2D eigenvalue weighted by Gasteiger charge is -2.38. The first-order valence-electron chi connectivity index (χ1n) is 6.08. The molecule has 15 heavy (non-hydrogen) atoms. The number of quaternary nitrogens is 1. The van der Waals surface area contributed by atoms with Gasteiger partial charge in [0.05, 0.1) is 26.2 Å². The lowest BCUT2D eigenvalue weighted by atomic mass is 10.2. The third-order valence-electron chi connectivity index (χ3n) is 2.86. The van der Waals surface area contributed by atoms with Crippen LogP contribution >= 0.6 is 0 Å². The minimum atomic E-state index is 0. The van der Waals surface area contributed by atoms with Crippen LogP contribution in [0.5, 0.6) is 0 Å². The van der Waals surface area contributed by atoms with E-state index < -0.39 is 0 Å². The average Bonchev–Trinajstić information content (AvgIpc) is 2.16. The molecule has 0 aromatic heterocycles. The van der Waals surface area contributed by atoms with Gasteiger partial charge in [-0.15, -0.1) is 0 Å². The zero-order valence-electron chi connectivity index (χ0n) is 10.9. The monoisotopic (exact) mass is 237 g/mol. The highest BCUT2D eigenvalue weighted by atomic mass is 35.5. The molecule has 0 aliphatic heterocycles. The Morgan fingerprint density at radius 1 is 0.800 bits per heavy atom. The molecule has 0 N–H and O–H groups in total. The molecular weight excluding hydrogens is 210 g/mol. The highest BCUT2D eigenvalue weighted by Crippen LogP contribution is 2.11. The lowest BCUT2D eigenvalue weighted by Crippen LogP contribution is -3.00. The number of nitrogens with zero attached hydrogens (tertiary/aromatic N) is 1. The van der Waals surface area contributed by atoms with Crippen LogP contribution in [-0.2, 0) is 4.74 Å². The molecular formula is C12H28ClNO. The van der Waals surface area contributed by atoms with Gasteiger partial charge in [0.2, 0.25) is 0 Å². The second kappa shape index (κ2) is 10.7. The summed E-state index contributed by atoms with van der Waals surface area (Å²) in [7, 11) is 1.80. The standard InChI is InChI=1S/C12H28NO.ClH/c1-5-8-13(9-6-2,10-7-3)11-12-14-4;/h5-12H2,1-4H3;1H/q+1;/p-1. The molecule has 0 saturated heterocycles. The molecule has 0 aliphatic rings. The van der Waals surface area contributed by atoms with Gasteiger partial charge in [0, 0.05) is 7.11 Å². The molecule has 0 saturated carbocycles. The molecule has 0 amide bonds. The molecule has 0 rings (SSSR count). The second-order valence-electron chi connectivity index (χ2n) is 4.23. The van der Waals surface area contributed by atoms with E-state index in [0.717, 1.165) is 6.61 Å². The Labute approximate surface area is 102 Å². The van der Waals surface area contributed by atoms with Crippen molar-refractivity contribution in [1.82, 2.24) is 0 Å². The van der Waals surface area contributed by atoms with Crippen LogP contribution in [0.2, 0.25) is 0 Å². The summed E-state index contributed by atoms with van der Waals surface area (Å²) in [6.07, 6.45) is 3.84. The van der Waals surface area contributed by atoms with Crippen molar-refractivity contribution in [3.63, 3.8) is 0 Å². The van der Waals surface area contributed by atoms with E-state index in [1.807, 2.05) is 0 Å². The molecule has 0 spiro atoms. The van der Waals surface area contributed by atoms with Gasteiger partial charge in [-0.25, -0.2) is 0 Å². The summed E-state index contributed by atoms with van der Waals surface area (Å²) in [5.41, 5.74) is 0. The van der Waals surface area contributed by atoms with Crippen molar-refractivity contribution >= 4 is 0 Å².